The maximum Gasteiger partial charge on any atom is 0.262 e. The Kier molecular flexibility index (Phi) is 6.11. The zero-order chi connectivity index (χ0) is 19.1. The molecule has 2 aromatic carbocycles. The molecule has 3 rings (SSSR count). The first kappa shape index (κ1) is 18.5. The normalized spacial score (nSPS) is 10.9. The van der Waals surface area contributed by atoms with E-state index in [2.05, 4.69) is 20.6 Å². The van der Waals surface area contributed by atoms with E-state index in [1.165, 1.54) is 0 Å². The largest absolute Gasteiger partial charge is 0.484 e. The fraction of sp³-hybridized carbons (Fsp3) is 0.158. The Labute approximate surface area is 161 Å². The van der Waals surface area contributed by atoms with E-state index in [1.54, 1.807) is 23.0 Å². The number of nitrogens with one attached hydrogen (secondary N) is 2. The Bertz CT molecular complexity index is 977. The molecule has 0 atom stereocenters. The van der Waals surface area contributed by atoms with Crippen LogP contribution in [0.15, 0.2) is 59.7 Å². The predicted octanol–water partition coefficient (Wildman–Crippen LogP) is 3.40. The van der Waals surface area contributed by atoms with Crippen molar-refractivity contribution in [3.05, 3.63) is 70.8 Å². The van der Waals surface area contributed by atoms with Gasteiger partial charge in [-0.25, -0.2) is 0 Å². The maximum atomic E-state index is 11.9. The lowest BCUT2D eigenvalue weighted by Crippen LogP contribution is -2.20. The predicted molar refractivity (Wildman–Crippen MR) is 107 cm³/mol. The highest BCUT2D eigenvalue weighted by Crippen LogP contribution is 2.12. The monoisotopic (exact) mass is 381 g/mol. The summed E-state index contributed by atoms with van der Waals surface area (Å²) in [6.45, 7) is 1.92. The lowest BCUT2D eigenvalue weighted by Gasteiger charge is -2.07. The quantitative estimate of drug-likeness (QED) is 0.485. The standard InChI is InChI=1S/C19H19N5O2S/c1-2-17-22-23-19(27)24(17)20-12-14-8-10-16(11-9-14)26-13-18(25)21-15-6-4-3-5-7-15/h3-12H,2,13H2,1H3,(H,21,25)(H,23,27)/b20-12-. The van der Waals surface area contributed by atoms with Crippen molar-refractivity contribution in [1.82, 2.24) is 14.9 Å². The topological polar surface area (TPSA) is 84.3 Å². The number of nitrogens with zero attached hydrogens (tertiary/aromatic N) is 3. The third-order valence-corrected chi connectivity index (χ3v) is 3.93. The second-order valence-corrected chi connectivity index (χ2v) is 6.01. The van der Waals surface area contributed by atoms with Crippen LogP contribution in [0.2, 0.25) is 0 Å². The molecule has 1 amide bonds. The first-order valence-corrected chi connectivity index (χ1v) is 8.85. The van der Waals surface area contributed by atoms with Crippen LogP contribution in [0.1, 0.15) is 18.3 Å². The molecule has 0 fully saturated rings. The number of aromatic amines is 1. The van der Waals surface area contributed by atoms with E-state index >= 15 is 0 Å². The van der Waals surface area contributed by atoms with Gasteiger partial charge in [-0.2, -0.15) is 14.9 Å². The van der Waals surface area contributed by atoms with Crippen molar-refractivity contribution in [2.24, 2.45) is 5.10 Å². The fourth-order valence-electron chi connectivity index (χ4n) is 2.31. The number of hydrogen-bond donors (Lipinski definition) is 2. The molecular weight excluding hydrogens is 362 g/mol. The molecule has 3 aromatic rings. The first-order chi connectivity index (χ1) is 13.2. The van der Waals surface area contributed by atoms with Crippen LogP contribution in [0.3, 0.4) is 0 Å². The maximum absolute atomic E-state index is 11.9. The van der Waals surface area contributed by atoms with E-state index in [4.69, 9.17) is 17.0 Å². The van der Waals surface area contributed by atoms with Crippen molar-refractivity contribution in [3.63, 3.8) is 0 Å². The average molecular weight is 381 g/mol. The fourth-order valence-corrected chi connectivity index (χ4v) is 2.51. The third-order valence-electron chi connectivity index (χ3n) is 3.66. The highest BCUT2D eigenvalue weighted by atomic mass is 32.1. The van der Waals surface area contributed by atoms with Crippen molar-refractivity contribution in [3.8, 4) is 5.75 Å². The van der Waals surface area contributed by atoms with Crippen molar-refractivity contribution in [2.45, 2.75) is 13.3 Å². The SMILES string of the molecule is CCc1n[nH]c(=S)n1/N=C\c1ccc(OCC(=O)Nc2ccccc2)cc1. The zero-order valence-corrected chi connectivity index (χ0v) is 15.6. The van der Waals surface area contributed by atoms with Gasteiger partial charge in [-0.15, -0.1) is 0 Å². The summed E-state index contributed by atoms with van der Waals surface area (Å²) in [6, 6.07) is 16.5. The molecule has 0 saturated heterocycles. The van der Waals surface area contributed by atoms with E-state index in [-0.39, 0.29) is 12.5 Å². The number of carbonyl (C=O) groups excluding carboxylic acids is 1. The van der Waals surface area contributed by atoms with Crippen molar-refractivity contribution >= 4 is 30.0 Å². The summed E-state index contributed by atoms with van der Waals surface area (Å²) in [6.07, 6.45) is 2.42. The first-order valence-electron chi connectivity index (χ1n) is 8.44. The van der Waals surface area contributed by atoms with E-state index in [9.17, 15) is 4.79 Å². The molecule has 0 aliphatic carbocycles. The molecule has 0 bridgehead atoms. The number of para-hydroxylation sites is 1. The summed E-state index contributed by atoms with van der Waals surface area (Å²) in [5.41, 5.74) is 1.61. The highest BCUT2D eigenvalue weighted by Gasteiger charge is 2.04. The number of rotatable bonds is 7. The Balaban J connectivity index is 1.55. The van der Waals surface area contributed by atoms with Crippen LogP contribution < -0.4 is 10.1 Å². The minimum Gasteiger partial charge on any atom is -0.484 e. The summed E-state index contributed by atoms with van der Waals surface area (Å²) in [5.74, 6) is 1.15. The molecule has 0 aliphatic heterocycles. The molecule has 8 heteroatoms. The van der Waals surface area contributed by atoms with Gasteiger partial charge in [-0.05, 0) is 54.2 Å². The van der Waals surface area contributed by atoms with Crippen LogP contribution in [0, 0.1) is 4.77 Å². The zero-order valence-electron chi connectivity index (χ0n) is 14.8. The molecule has 0 unspecified atom stereocenters. The number of benzene rings is 2. The molecule has 27 heavy (non-hydrogen) atoms. The lowest BCUT2D eigenvalue weighted by molar-refractivity contribution is -0.118. The molecular formula is C19H19N5O2S. The van der Waals surface area contributed by atoms with Gasteiger partial charge in [0, 0.05) is 12.1 Å². The third kappa shape index (κ3) is 5.11. The van der Waals surface area contributed by atoms with Gasteiger partial charge in [-0.1, -0.05) is 25.1 Å². The molecule has 0 spiro atoms. The molecule has 0 radical (unpaired) electrons. The van der Waals surface area contributed by atoms with Crippen molar-refractivity contribution < 1.29 is 9.53 Å². The Morgan fingerprint density at radius 2 is 2.00 bits per heavy atom. The van der Waals surface area contributed by atoms with E-state index in [0.717, 1.165) is 23.5 Å². The molecule has 138 valence electrons. The lowest BCUT2D eigenvalue weighted by atomic mass is 10.2. The molecule has 0 aliphatic rings. The van der Waals surface area contributed by atoms with Crippen LogP contribution in [-0.2, 0) is 11.2 Å². The van der Waals surface area contributed by atoms with Crippen LogP contribution in [0.4, 0.5) is 5.69 Å². The van der Waals surface area contributed by atoms with Gasteiger partial charge in [0.2, 0.25) is 4.77 Å². The smallest absolute Gasteiger partial charge is 0.262 e. The molecule has 1 heterocycles. The number of aryl methyl sites for hydroxylation is 1. The van der Waals surface area contributed by atoms with Crippen LogP contribution >= 0.6 is 12.2 Å². The summed E-state index contributed by atoms with van der Waals surface area (Å²) in [4.78, 5) is 11.9. The number of ether oxygens (including phenoxy) is 1. The van der Waals surface area contributed by atoms with Crippen LogP contribution in [0.5, 0.6) is 5.75 Å². The number of aromatic nitrogens is 3. The minimum absolute atomic E-state index is 0.0631. The Morgan fingerprint density at radius 1 is 1.26 bits per heavy atom. The number of hydrogen-bond acceptors (Lipinski definition) is 5. The summed E-state index contributed by atoms with van der Waals surface area (Å²) < 4.78 is 7.55. The summed E-state index contributed by atoms with van der Waals surface area (Å²) >= 11 is 5.15. The van der Waals surface area contributed by atoms with Gasteiger partial charge in [0.15, 0.2) is 12.4 Å². The van der Waals surface area contributed by atoms with Crippen LogP contribution in [0.25, 0.3) is 0 Å². The number of carbonyl (C=O) groups is 1. The number of H-pyrrole nitrogens is 1. The van der Waals surface area contributed by atoms with Gasteiger partial charge in [0.25, 0.3) is 5.91 Å². The number of amides is 1. The van der Waals surface area contributed by atoms with Crippen molar-refractivity contribution in [2.75, 3.05) is 11.9 Å². The van der Waals surface area contributed by atoms with E-state index in [0.29, 0.717) is 10.5 Å². The minimum atomic E-state index is -0.215. The van der Waals surface area contributed by atoms with Gasteiger partial charge >= 0.3 is 0 Å². The van der Waals surface area contributed by atoms with Crippen molar-refractivity contribution in [1.29, 1.82) is 0 Å². The highest BCUT2D eigenvalue weighted by molar-refractivity contribution is 7.71. The second kappa shape index (κ2) is 8.91. The molecule has 0 saturated carbocycles. The van der Waals surface area contributed by atoms with Gasteiger partial charge in [0.1, 0.15) is 5.75 Å². The van der Waals surface area contributed by atoms with Gasteiger partial charge < -0.3 is 10.1 Å². The van der Waals surface area contributed by atoms with Crippen LogP contribution in [-0.4, -0.2) is 33.6 Å². The molecule has 7 nitrogen and oxygen atoms in total. The Morgan fingerprint density at radius 3 is 2.70 bits per heavy atom. The Hall–Kier alpha value is -3.26. The number of anilines is 1. The average Bonchev–Trinajstić information content (AvgIpc) is 3.06. The van der Waals surface area contributed by atoms with E-state index in [1.807, 2.05) is 49.4 Å². The van der Waals surface area contributed by atoms with Gasteiger partial charge in [0.05, 0.1) is 6.21 Å². The van der Waals surface area contributed by atoms with E-state index < -0.39 is 0 Å². The molecule has 1 aromatic heterocycles. The van der Waals surface area contributed by atoms with Gasteiger partial charge in [-0.3, -0.25) is 9.89 Å². The summed E-state index contributed by atoms with van der Waals surface area (Å²) in [7, 11) is 0. The second-order valence-electron chi connectivity index (χ2n) is 5.63. The molecule has 2 N–H and O–H groups in total. The summed E-state index contributed by atoms with van der Waals surface area (Å²) in [5, 5.41) is 13.9.